The highest BCUT2D eigenvalue weighted by atomic mass is 32.2. The first kappa shape index (κ1) is 23.8. The van der Waals surface area contributed by atoms with Crippen molar-refractivity contribution in [1.82, 2.24) is 25.0 Å². The zero-order valence-electron chi connectivity index (χ0n) is 19.1. The predicted molar refractivity (Wildman–Crippen MR) is 131 cm³/mol. The van der Waals surface area contributed by atoms with Crippen LogP contribution in [-0.4, -0.2) is 57.6 Å². The first-order valence-corrected chi connectivity index (χ1v) is 12.2. The molecule has 1 saturated heterocycles. The Bertz CT molecular complexity index is 1100. The van der Waals surface area contributed by atoms with E-state index in [4.69, 9.17) is 4.74 Å². The van der Waals surface area contributed by atoms with Crippen LogP contribution < -0.4 is 15.4 Å². The van der Waals surface area contributed by atoms with Crippen LogP contribution >= 0.6 is 11.8 Å². The smallest absolute Gasteiger partial charge is 0.325 e. The fourth-order valence-corrected chi connectivity index (χ4v) is 4.55. The molecule has 178 valence electrons. The molecular weight excluding hydrogens is 452 g/mol. The van der Waals surface area contributed by atoms with E-state index < -0.39 is 11.9 Å². The van der Waals surface area contributed by atoms with Crippen molar-refractivity contribution in [2.24, 2.45) is 0 Å². The van der Waals surface area contributed by atoms with Gasteiger partial charge in [-0.15, -0.1) is 10.2 Å². The number of likely N-dealkylation sites (tertiary alicyclic amines) is 1. The Morgan fingerprint density at radius 1 is 1.00 bits per heavy atom. The van der Waals surface area contributed by atoms with Crippen molar-refractivity contribution in [2.45, 2.75) is 31.0 Å². The molecule has 0 radical (unpaired) electrons. The summed E-state index contributed by atoms with van der Waals surface area (Å²) in [5, 5.41) is 14.4. The molecule has 34 heavy (non-hydrogen) atoms. The molecule has 9 nitrogen and oxygen atoms in total. The molecule has 3 aromatic rings. The van der Waals surface area contributed by atoms with E-state index in [1.807, 2.05) is 34.9 Å². The molecule has 0 bridgehead atoms. The lowest BCUT2D eigenvalue weighted by atomic mass is 10.1. The van der Waals surface area contributed by atoms with Gasteiger partial charge in [-0.05, 0) is 62.3 Å². The van der Waals surface area contributed by atoms with E-state index in [0.717, 1.165) is 24.6 Å². The highest BCUT2D eigenvalue weighted by Gasteiger charge is 2.20. The van der Waals surface area contributed by atoms with Crippen LogP contribution in [0, 0.1) is 0 Å². The normalized spacial score (nSPS) is 13.9. The first-order chi connectivity index (χ1) is 16.6. The van der Waals surface area contributed by atoms with Gasteiger partial charge in [-0.3, -0.25) is 19.6 Å². The minimum atomic E-state index is -0.592. The van der Waals surface area contributed by atoms with Crippen LogP contribution in [0.5, 0.6) is 5.75 Å². The average Bonchev–Trinajstić information content (AvgIpc) is 3.26. The fourth-order valence-electron chi connectivity index (χ4n) is 3.78. The van der Waals surface area contributed by atoms with Gasteiger partial charge in [0.05, 0.1) is 19.4 Å². The Morgan fingerprint density at radius 2 is 1.74 bits per heavy atom. The van der Waals surface area contributed by atoms with Gasteiger partial charge >= 0.3 is 6.03 Å². The van der Waals surface area contributed by atoms with Gasteiger partial charge < -0.3 is 10.1 Å². The van der Waals surface area contributed by atoms with Gasteiger partial charge in [-0.1, -0.05) is 36.4 Å². The van der Waals surface area contributed by atoms with E-state index in [-0.39, 0.29) is 5.75 Å². The lowest BCUT2D eigenvalue weighted by molar-refractivity contribution is -0.117. The van der Waals surface area contributed by atoms with Crippen molar-refractivity contribution in [3.8, 4) is 11.4 Å². The Morgan fingerprint density at radius 3 is 2.44 bits per heavy atom. The number of nitrogens with zero attached hydrogens (tertiary/aromatic N) is 4. The number of benzene rings is 2. The molecule has 4 rings (SSSR count). The van der Waals surface area contributed by atoms with Crippen LogP contribution in [-0.2, 0) is 11.3 Å². The Kier molecular flexibility index (Phi) is 8.16. The molecule has 0 spiro atoms. The van der Waals surface area contributed by atoms with Gasteiger partial charge in [-0.25, -0.2) is 4.79 Å². The van der Waals surface area contributed by atoms with Crippen LogP contribution in [0.25, 0.3) is 5.69 Å². The summed E-state index contributed by atoms with van der Waals surface area (Å²) in [6, 6.07) is 16.1. The van der Waals surface area contributed by atoms with Crippen molar-refractivity contribution >= 4 is 29.4 Å². The van der Waals surface area contributed by atoms with Gasteiger partial charge in [-0.2, -0.15) is 0 Å². The molecule has 0 aliphatic carbocycles. The maximum Gasteiger partial charge on any atom is 0.325 e. The number of carbonyl (C=O) groups excluding carboxylic acids is 2. The molecule has 3 amide bonds. The summed E-state index contributed by atoms with van der Waals surface area (Å²) in [4.78, 5) is 27.0. The number of carbonyl (C=O) groups is 2. The summed E-state index contributed by atoms with van der Waals surface area (Å²) in [7, 11) is 1.57. The van der Waals surface area contributed by atoms with E-state index in [0.29, 0.717) is 23.1 Å². The van der Waals surface area contributed by atoms with Crippen molar-refractivity contribution in [1.29, 1.82) is 0 Å². The molecule has 2 heterocycles. The minimum absolute atomic E-state index is 0.0325. The van der Waals surface area contributed by atoms with Crippen LogP contribution in [0.2, 0.25) is 0 Å². The average molecular weight is 481 g/mol. The van der Waals surface area contributed by atoms with Gasteiger partial charge in [0.2, 0.25) is 5.91 Å². The van der Waals surface area contributed by atoms with Crippen molar-refractivity contribution in [2.75, 3.05) is 31.3 Å². The highest BCUT2D eigenvalue weighted by molar-refractivity contribution is 7.99. The summed E-state index contributed by atoms with van der Waals surface area (Å²) in [5.74, 6) is 1.13. The number of piperidine rings is 1. The number of amides is 3. The quantitative estimate of drug-likeness (QED) is 0.474. The maximum absolute atomic E-state index is 12.4. The fraction of sp³-hybridized carbons (Fsp3) is 0.333. The first-order valence-electron chi connectivity index (χ1n) is 11.2. The van der Waals surface area contributed by atoms with Gasteiger partial charge in [0.1, 0.15) is 5.75 Å². The number of thioether (sulfide) groups is 1. The number of rotatable bonds is 8. The highest BCUT2D eigenvalue weighted by Crippen LogP contribution is 2.23. The summed E-state index contributed by atoms with van der Waals surface area (Å²) < 4.78 is 7.09. The van der Waals surface area contributed by atoms with E-state index in [1.165, 1.54) is 31.0 Å². The standard InChI is InChI=1S/C24H28N6O3S/c1-33-20-12-10-18(11-13-20)25-23(32)26-22(31)17-34-24-28-27-21(16-29-14-6-3-7-15-29)30(24)19-8-4-2-5-9-19/h2,4-5,8-13H,3,6-7,14-17H2,1H3,(H2,25,26,31,32). The monoisotopic (exact) mass is 480 g/mol. The molecular formula is C24H28N6O3S. The number of imide groups is 1. The molecule has 0 saturated carbocycles. The third kappa shape index (κ3) is 6.36. The van der Waals surface area contributed by atoms with Crippen molar-refractivity contribution < 1.29 is 14.3 Å². The molecule has 1 fully saturated rings. The summed E-state index contributed by atoms with van der Waals surface area (Å²) in [5.41, 5.74) is 1.50. The Hall–Kier alpha value is -3.37. The Balaban J connectivity index is 1.38. The number of hydrogen-bond donors (Lipinski definition) is 2. The van der Waals surface area contributed by atoms with Crippen molar-refractivity contribution in [3.63, 3.8) is 0 Å². The summed E-state index contributed by atoms with van der Waals surface area (Å²) >= 11 is 1.25. The largest absolute Gasteiger partial charge is 0.497 e. The maximum atomic E-state index is 12.4. The summed E-state index contributed by atoms with van der Waals surface area (Å²) in [6.07, 6.45) is 3.66. The van der Waals surface area contributed by atoms with E-state index in [1.54, 1.807) is 31.4 Å². The number of ether oxygens (including phenoxy) is 1. The molecule has 2 N–H and O–H groups in total. The SMILES string of the molecule is COc1ccc(NC(=O)NC(=O)CSc2nnc(CN3CCCCC3)n2-c2ccccc2)cc1. The zero-order valence-corrected chi connectivity index (χ0v) is 19.9. The number of nitrogens with one attached hydrogen (secondary N) is 2. The topological polar surface area (TPSA) is 101 Å². The van der Waals surface area contributed by atoms with Gasteiger partial charge in [0.15, 0.2) is 11.0 Å². The lowest BCUT2D eigenvalue weighted by Gasteiger charge is -2.26. The van der Waals surface area contributed by atoms with Crippen LogP contribution in [0.3, 0.4) is 0 Å². The number of aromatic nitrogens is 3. The number of urea groups is 1. The number of methoxy groups -OCH3 is 1. The van der Waals surface area contributed by atoms with Crippen molar-refractivity contribution in [3.05, 3.63) is 60.4 Å². The van der Waals surface area contributed by atoms with E-state index in [9.17, 15) is 9.59 Å². The number of para-hydroxylation sites is 1. The zero-order chi connectivity index (χ0) is 23.8. The van der Waals surface area contributed by atoms with Crippen LogP contribution in [0.1, 0.15) is 25.1 Å². The lowest BCUT2D eigenvalue weighted by Crippen LogP contribution is -2.35. The van der Waals surface area contributed by atoms with Crippen LogP contribution in [0.4, 0.5) is 10.5 Å². The molecule has 2 aromatic carbocycles. The molecule has 1 aromatic heterocycles. The number of anilines is 1. The van der Waals surface area contributed by atoms with Gasteiger partial charge in [0, 0.05) is 11.4 Å². The second-order valence-corrected chi connectivity index (χ2v) is 8.87. The molecule has 1 aliphatic heterocycles. The number of hydrogen-bond acceptors (Lipinski definition) is 7. The molecule has 0 unspecified atom stereocenters. The van der Waals surface area contributed by atoms with Gasteiger partial charge in [0.25, 0.3) is 0 Å². The predicted octanol–water partition coefficient (Wildman–Crippen LogP) is 3.70. The van der Waals surface area contributed by atoms with E-state index in [2.05, 4.69) is 25.7 Å². The molecule has 1 aliphatic rings. The minimum Gasteiger partial charge on any atom is -0.497 e. The second-order valence-electron chi connectivity index (χ2n) is 7.93. The third-order valence-electron chi connectivity index (χ3n) is 5.46. The Labute approximate surface area is 202 Å². The second kappa shape index (κ2) is 11.7. The van der Waals surface area contributed by atoms with Crippen LogP contribution in [0.15, 0.2) is 59.8 Å². The third-order valence-corrected chi connectivity index (χ3v) is 6.39. The molecule has 0 atom stereocenters. The summed E-state index contributed by atoms with van der Waals surface area (Å²) in [6.45, 7) is 2.81. The molecule has 10 heteroatoms. The van der Waals surface area contributed by atoms with E-state index >= 15 is 0 Å².